The second-order valence-corrected chi connectivity index (χ2v) is 5.69. The first-order chi connectivity index (χ1) is 10.7. The van der Waals surface area contributed by atoms with Gasteiger partial charge in [-0.05, 0) is 31.7 Å². The fourth-order valence-corrected chi connectivity index (χ4v) is 2.66. The maximum atomic E-state index is 5.88. The van der Waals surface area contributed by atoms with Crippen LogP contribution in [-0.2, 0) is 11.3 Å². The van der Waals surface area contributed by atoms with Gasteiger partial charge in [0.25, 0.3) is 0 Å². The largest absolute Gasteiger partial charge is 0.492 e. The molecule has 0 atom stereocenters. The first-order valence-corrected chi connectivity index (χ1v) is 8.13. The van der Waals surface area contributed by atoms with E-state index in [1.165, 1.54) is 11.3 Å². The van der Waals surface area contributed by atoms with Crippen molar-refractivity contribution in [2.24, 2.45) is 0 Å². The minimum Gasteiger partial charge on any atom is -0.492 e. The summed E-state index contributed by atoms with van der Waals surface area (Å²) in [7, 11) is 3.90. The van der Waals surface area contributed by atoms with E-state index in [0.717, 1.165) is 51.6 Å². The number of methoxy groups -OCH3 is 1. The Bertz CT molecular complexity index is 446. The summed E-state index contributed by atoms with van der Waals surface area (Å²) in [5, 5.41) is 3.38. The molecule has 2 rings (SSSR count). The third kappa shape index (κ3) is 4.87. The number of anilines is 1. The molecule has 0 unspecified atom stereocenters. The molecule has 1 aliphatic rings. The Morgan fingerprint density at radius 2 is 1.95 bits per heavy atom. The maximum absolute atomic E-state index is 5.88. The van der Waals surface area contributed by atoms with Crippen LogP contribution in [0.2, 0.25) is 0 Å². The van der Waals surface area contributed by atoms with Crippen molar-refractivity contribution in [2.45, 2.75) is 13.5 Å². The van der Waals surface area contributed by atoms with Crippen LogP contribution in [0.4, 0.5) is 5.69 Å². The summed E-state index contributed by atoms with van der Waals surface area (Å²) in [6, 6.07) is 6.55. The van der Waals surface area contributed by atoms with E-state index in [1.54, 1.807) is 7.11 Å². The highest BCUT2D eigenvalue weighted by Crippen LogP contribution is 2.30. The van der Waals surface area contributed by atoms with Crippen LogP contribution in [0.3, 0.4) is 0 Å². The predicted molar refractivity (Wildman–Crippen MR) is 90.9 cm³/mol. The standard InChI is InChI=1S/C17H29N3O2/c1-4-22-17-13-15(14-18-7-12-21-3)5-6-16(17)20-10-8-19(2)9-11-20/h5-6,13,18H,4,7-12,14H2,1-3H3. The van der Waals surface area contributed by atoms with Gasteiger partial charge in [-0.25, -0.2) is 0 Å². The van der Waals surface area contributed by atoms with Crippen LogP contribution in [0.5, 0.6) is 5.75 Å². The molecule has 0 amide bonds. The Labute approximate surface area is 134 Å². The van der Waals surface area contributed by atoms with E-state index in [9.17, 15) is 0 Å². The molecule has 22 heavy (non-hydrogen) atoms. The van der Waals surface area contributed by atoms with Crippen molar-refractivity contribution in [2.75, 3.05) is 65.0 Å². The number of hydrogen-bond acceptors (Lipinski definition) is 5. The van der Waals surface area contributed by atoms with Gasteiger partial charge in [-0.1, -0.05) is 6.07 Å². The molecule has 0 radical (unpaired) electrons. The average Bonchev–Trinajstić information content (AvgIpc) is 2.53. The molecule has 0 aromatic heterocycles. The van der Waals surface area contributed by atoms with Crippen molar-refractivity contribution in [1.82, 2.24) is 10.2 Å². The molecule has 0 saturated carbocycles. The third-order valence-electron chi connectivity index (χ3n) is 3.98. The van der Waals surface area contributed by atoms with Crippen LogP contribution in [0.1, 0.15) is 12.5 Å². The highest BCUT2D eigenvalue weighted by atomic mass is 16.5. The van der Waals surface area contributed by atoms with E-state index in [-0.39, 0.29) is 0 Å². The number of ether oxygens (including phenoxy) is 2. The van der Waals surface area contributed by atoms with Crippen LogP contribution in [-0.4, -0.2) is 65.0 Å². The normalized spacial score (nSPS) is 16.0. The fraction of sp³-hybridized carbons (Fsp3) is 0.647. The number of rotatable bonds is 8. The zero-order valence-electron chi connectivity index (χ0n) is 14.1. The Hall–Kier alpha value is -1.30. The van der Waals surface area contributed by atoms with Crippen molar-refractivity contribution in [3.63, 3.8) is 0 Å². The molecular weight excluding hydrogens is 278 g/mol. The van der Waals surface area contributed by atoms with Gasteiger partial charge in [-0.2, -0.15) is 0 Å². The van der Waals surface area contributed by atoms with Gasteiger partial charge in [0.1, 0.15) is 5.75 Å². The Morgan fingerprint density at radius 1 is 1.18 bits per heavy atom. The second-order valence-electron chi connectivity index (χ2n) is 5.69. The fourth-order valence-electron chi connectivity index (χ4n) is 2.66. The molecule has 5 heteroatoms. The summed E-state index contributed by atoms with van der Waals surface area (Å²) in [6.07, 6.45) is 0. The quantitative estimate of drug-likeness (QED) is 0.738. The number of piperazine rings is 1. The maximum Gasteiger partial charge on any atom is 0.142 e. The monoisotopic (exact) mass is 307 g/mol. The van der Waals surface area contributed by atoms with E-state index < -0.39 is 0 Å². The zero-order chi connectivity index (χ0) is 15.8. The average molecular weight is 307 g/mol. The lowest BCUT2D eigenvalue weighted by atomic mass is 10.1. The van der Waals surface area contributed by atoms with Gasteiger partial charge in [-0.3, -0.25) is 0 Å². The summed E-state index contributed by atoms with van der Waals surface area (Å²) >= 11 is 0. The topological polar surface area (TPSA) is 37.0 Å². The highest BCUT2D eigenvalue weighted by Gasteiger charge is 2.18. The summed E-state index contributed by atoms with van der Waals surface area (Å²) in [4.78, 5) is 4.79. The molecule has 1 saturated heterocycles. The van der Waals surface area contributed by atoms with Crippen molar-refractivity contribution in [3.05, 3.63) is 23.8 Å². The van der Waals surface area contributed by atoms with Crippen LogP contribution < -0.4 is 15.0 Å². The van der Waals surface area contributed by atoms with E-state index in [0.29, 0.717) is 6.61 Å². The van der Waals surface area contributed by atoms with Crippen molar-refractivity contribution < 1.29 is 9.47 Å². The Kier molecular flexibility index (Phi) is 6.96. The first-order valence-electron chi connectivity index (χ1n) is 8.13. The molecule has 1 N–H and O–H groups in total. The lowest BCUT2D eigenvalue weighted by Crippen LogP contribution is -2.44. The number of nitrogens with zero attached hydrogens (tertiary/aromatic N) is 2. The molecule has 1 aromatic carbocycles. The van der Waals surface area contributed by atoms with Gasteiger partial charge < -0.3 is 24.6 Å². The van der Waals surface area contributed by atoms with Gasteiger partial charge in [-0.15, -0.1) is 0 Å². The molecule has 1 aromatic rings. The second kappa shape index (κ2) is 8.98. The first kappa shape index (κ1) is 17.1. The summed E-state index contributed by atoms with van der Waals surface area (Å²) in [5.74, 6) is 0.998. The molecule has 0 spiro atoms. The molecule has 5 nitrogen and oxygen atoms in total. The van der Waals surface area contributed by atoms with Crippen LogP contribution >= 0.6 is 0 Å². The van der Waals surface area contributed by atoms with Crippen molar-refractivity contribution in [3.8, 4) is 5.75 Å². The molecule has 0 aliphatic carbocycles. The van der Waals surface area contributed by atoms with Crippen LogP contribution in [0.15, 0.2) is 18.2 Å². The summed E-state index contributed by atoms with van der Waals surface area (Å²) in [5.41, 5.74) is 2.47. The van der Waals surface area contributed by atoms with Gasteiger partial charge >= 0.3 is 0 Å². The smallest absolute Gasteiger partial charge is 0.142 e. The Morgan fingerprint density at radius 3 is 2.64 bits per heavy atom. The van der Waals surface area contributed by atoms with Crippen molar-refractivity contribution >= 4 is 5.69 Å². The van der Waals surface area contributed by atoms with E-state index in [4.69, 9.17) is 9.47 Å². The van der Waals surface area contributed by atoms with E-state index in [2.05, 4.69) is 40.4 Å². The minimum absolute atomic E-state index is 0.696. The number of hydrogen-bond donors (Lipinski definition) is 1. The molecule has 124 valence electrons. The third-order valence-corrected chi connectivity index (χ3v) is 3.98. The lowest BCUT2D eigenvalue weighted by molar-refractivity contribution is 0.199. The summed E-state index contributed by atoms with van der Waals surface area (Å²) < 4.78 is 10.9. The molecular formula is C17H29N3O2. The van der Waals surface area contributed by atoms with E-state index in [1.807, 2.05) is 6.92 Å². The van der Waals surface area contributed by atoms with Crippen molar-refractivity contribution in [1.29, 1.82) is 0 Å². The molecule has 1 fully saturated rings. The van der Waals surface area contributed by atoms with Gasteiger partial charge in [0, 0.05) is 46.4 Å². The Balaban J connectivity index is 2.03. The highest BCUT2D eigenvalue weighted by molar-refractivity contribution is 5.60. The number of nitrogens with one attached hydrogen (secondary N) is 1. The van der Waals surface area contributed by atoms with Crippen LogP contribution in [0.25, 0.3) is 0 Å². The number of benzene rings is 1. The lowest BCUT2D eigenvalue weighted by Gasteiger charge is -2.35. The molecule has 1 aliphatic heterocycles. The predicted octanol–water partition coefficient (Wildman–Crippen LogP) is 1.57. The SMILES string of the molecule is CCOc1cc(CNCCOC)ccc1N1CCN(C)CC1. The summed E-state index contributed by atoms with van der Waals surface area (Å²) in [6.45, 7) is 9.49. The number of likely N-dealkylation sites (N-methyl/N-ethyl adjacent to an activating group) is 1. The van der Waals surface area contributed by atoms with E-state index >= 15 is 0 Å². The van der Waals surface area contributed by atoms with Gasteiger partial charge in [0.2, 0.25) is 0 Å². The minimum atomic E-state index is 0.696. The molecule has 1 heterocycles. The molecule has 0 bridgehead atoms. The zero-order valence-corrected chi connectivity index (χ0v) is 14.1. The van der Waals surface area contributed by atoms with Gasteiger partial charge in [0.15, 0.2) is 0 Å². The van der Waals surface area contributed by atoms with Crippen LogP contribution in [0, 0.1) is 0 Å². The van der Waals surface area contributed by atoms with Gasteiger partial charge in [0.05, 0.1) is 18.9 Å².